The molecule has 6 heteroatoms. The number of nitrogens with zero attached hydrogens (tertiary/aromatic N) is 3. The number of benzene rings is 1. The summed E-state index contributed by atoms with van der Waals surface area (Å²) >= 11 is 1.58. The predicted octanol–water partition coefficient (Wildman–Crippen LogP) is 4.30. The normalized spacial score (nSPS) is 11.2. The van der Waals surface area contributed by atoms with E-state index in [9.17, 15) is 4.79 Å². The number of carbonyl (C=O) groups is 1. The Morgan fingerprint density at radius 2 is 1.96 bits per heavy atom. The highest BCUT2D eigenvalue weighted by molar-refractivity contribution is 7.99. The number of pyridine rings is 1. The van der Waals surface area contributed by atoms with Crippen molar-refractivity contribution < 1.29 is 9.90 Å². The van der Waals surface area contributed by atoms with Crippen molar-refractivity contribution in [2.75, 3.05) is 5.75 Å². The minimum atomic E-state index is -0.763. The minimum Gasteiger partial charge on any atom is -0.481 e. The molecule has 0 bridgehead atoms. The van der Waals surface area contributed by atoms with Crippen LogP contribution in [0.25, 0.3) is 16.9 Å². The van der Waals surface area contributed by atoms with E-state index in [0.29, 0.717) is 12.2 Å². The van der Waals surface area contributed by atoms with E-state index < -0.39 is 5.97 Å². The molecule has 0 fully saturated rings. The predicted molar refractivity (Wildman–Crippen MR) is 101 cm³/mol. The van der Waals surface area contributed by atoms with E-state index in [-0.39, 0.29) is 6.42 Å². The molecule has 2 aromatic heterocycles. The van der Waals surface area contributed by atoms with Gasteiger partial charge < -0.3 is 5.11 Å². The average Bonchev–Trinajstić information content (AvgIpc) is 2.89. The van der Waals surface area contributed by atoms with Crippen LogP contribution in [0.3, 0.4) is 0 Å². The summed E-state index contributed by atoms with van der Waals surface area (Å²) in [6, 6.07) is 8.17. The highest BCUT2D eigenvalue weighted by Gasteiger charge is 2.17. The smallest absolute Gasteiger partial charge is 0.303 e. The molecule has 0 atom stereocenters. The lowest BCUT2D eigenvalue weighted by Gasteiger charge is -2.15. The molecule has 0 aliphatic carbocycles. The van der Waals surface area contributed by atoms with Crippen LogP contribution in [0.1, 0.15) is 29.5 Å². The molecular weight excluding hydrogens is 334 g/mol. The van der Waals surface area contributed by atoms with Gasteiger partial charge in [-0.15, -0.1) is 0 Å². The molecule has 0 aliphatic heterocycles. The third-order valence-electron chi connectivity index (χ3n) is 4.01. The molecule has 0 saturated carbocycles. The van der Waals surface area contributed by atoms with E-state index in [1.165, 1.54) is 16.7 Å². The lowest BCUT2D eigenvalue weighted by atomic mass is 10.1. The summed E-state index contributed by atoms with van der Waals surface area (Å²) in [5.41, 5.74) is 6.37. The van der Waals surface area contributed by atoms with Gasteiger partial charge in [0, 0.05) is 18.4 Å². The van der Waals surface area contributed by atoms with Gasteiger partial charge in [0.05, 0.1) is 5.69 Å². The molecule has 5 nitrogen and oxygen atoms in total. The summed E-state index contributed by atoms with van der Waals surface area (Å²) in [7, 11) is 0. The van der Waals surface area contributed by atoms with E-state index in [0.717, 1.165) is 22.0 Å². The second kappa shape index (κ2) is 7.27. The highest BCUT2D eigenvalue weighted by atomic mass is 32.2. The van der Waals surface area contributed by atoms with E-state index in [4.69, 9.17) is 10.1 Å². The largest absolute Gasteiger partial charge is 0.481 e. The van der Waals surface area contributed by atoms with E-state index in [2.05, 4.69) is 42.5 Å². The maximum Gasteiger partial charge on any atom is 0.303 e. The van der Waals surface area contributed by atoms with Gasteiger partial charge in [0.2, 0.25) is 0 Å². The van der Waals surface area contributed by atoms with Crippen LogP contribution >= 0.6 is 11.8 Å². The van der Waals surface area contributed by atoms with Crippen LogP contribution in [-0.4, -0.2) is 31.4 Å². The maximum absolute atomic E-state index is 10.7. The molecule has 0 amide bonds. The number of fused-ring (bicyclic) bond motifs is 1. The Morgan fingerprint density at radius 1 is 1.24 bits per heavy atom. The number of carboxylic acid groups (broad SMARTS) is 1. The maximum atomic E-state index is 10.7. The molecule has 25 heavy (non-hydrogen) atoms. The van der Waals surface area contributed by atoms with Crippen LogP contribution in [0.4, 0.5) is 0 Å². The van der Waals surface area contributed by atoms with E-state index in [1.54, 1.807) is 18.0 Å². The molecule has 0 unspecified atom stereocenters. The van der Waals surface area contributed by atoms with Crippen molar-refractivity contribution >= 4 is 28.9 Å². The number of hydrogen-bond donors (Lipinski definition) is 1. The summed E-state index contributed by atoms with van der Waals surface area (Å²) in [5, 5.41) is 9.67. The molecule has 0 saturated heterocycles. The van der Waals surface area contributed by atoms with Crippen LogP contribution in [0.5, 0.6) is 0 Å². The average molecular weight is 355 g/mol. The number of carboxylic acids is 1. The van der Waals surface area contributed by atoms with Gasteiger partial charge in [-0.1, -0.05) is 29.5 Å². The Hall–Kier alpha value is -2.34. The van der Waals surface area contributed by atoms with Gasteiger partial charge in [0.1, 0.15) is 5.52 Å². The number of aromatic nitrogens is 3. The van der Waals surface area contributed by atoms with Crippen molar-refractivity contribution in [3.8, 4) is 5.69 Å². The van der Waals surface area contributed by atoms with Gasteiger partial charge in [0.15, 0.2) is 10.8 Å². The van der Waals surface area contributed by atoms with Crippen molar-refractivity contribution in [2.24, 2.45) is 0 Å². The Morgan fingerprint density at radius 3 is 2.64 bits per heavy atom. The van der Waals surface area contributed by atoms with E-state index >= 15 is 0 Å². The molecule has 3 rings (SSSR count). The third kappa shape index (κ3) is 3.69. The Kier molecular flexibility index (Phi) is 5.08. The molecule has 0 spiro atoms. The van der Waals surface area contributed by atoms with Gasteiger partial charge in [-0.25, -0.2) is 9.97 Å². The first-order valence-electron chi connectivity index (χ1n) is 8.23. The Labute approximate surface area is 151 Å². The van der Waals surface area contributed by atoms with Crippen molar-refractivity contribution in [3.63, 3.8) is 0 Å². The van der Waals surface area contributed by atoms with Crippen LogP contribution in [-0.2, 0) is 4.79 Å². The zero-order valence-corrected chi connectivity index (χ0v) is 15.4. The number of aryl methyl sites for hydroxylation is 3. The van der Waals surface area contributed by atoms with Crippen molar-refractivity contribution in [3.05, 3.63) is 47.2 Å². The second-order valence-electron chi connectivity index (χ2n) is 6.17. The van der Waals surface area contributed by atoms with Crippen LogP contribution in [0.15, 0.2) is 35.6 Å². The summed E-state index contributed by atoms with van der Waals surface area (Å²) in [6.45, 7) is 6.29. The molecule has 2 heterocycles. The molecule has 1 N–H and O–H groups in total. The second-order valence-corrected chi connectivity index (χ2v) is 7.23. The zero-order chi connectivity index (χ0) is 18.0. The standard InChI is InChI=1S/C19H21N3O2S/c1-12-10-13(2)17(14(3)11-12)22-18-15(6-4-8-20-18)21-19(22)25-9-5-7-16(23)24/h4,6,8,10-11H,5,7,9H2,1-3H3,(H,23,24). The SMILES string of the molecule is Cc1cc(C)c(-n2c(SCCCC(=O)O)nc3cccnc32)c(C)c1. The molecule has 0 radical (unpaired) electrons. The Bertz CT molecular complexity index is 911. The first-order valence-corrected chi connectivity index (χ1v) is 9.22. The molecule has 0 aliphatic rings. The van der Waals surface area contributed by atoms with Crippen LogP contribution < -0.4 is 0 Å². The molecule has 3 aromatic rings. The Balaban J connectivity index is 2.06. The molecular formula is C19H21N3O2S. The van der Waals surface area contributed by atoms with Crippen molar-refractivity contribution in [1.29, 1.82) is 0 Å². The molecule has 1 aromatic carbocycles. The first kappa shape index (κ1) is 17.5. The summed E-state index contributed by atoms with van der Waals surface area (Å²) in [6.07, 6.45) is 2.56. The number of thioether (sulfide) groups is 1. The fourth-order valence-corrected chi connectivity index (χ4v) is 4.04. The van der Waals surface area contributed by atoms with Crippen molar-refractivity contribution in [1.82, 2.24) is 14.5 Å². The number of aliphatic carboxylic acids is 1. The van der Waals surface area contributed by atoms with Gasteiger partial charge >= 0.3 is 5.97 Å². The fraction of sp³-hybridized carbons (Fsp3) is 0.316. The third-order valence-corrected chi connectivity index (χ3v) is 5.04. The zero-order valence-electron chi connectivity index (χ0n) is 14.6. The minimum absolute atomic E-state index is 0.175. The van der Waals surface area contributed by atoms with Crippen molar-refractivity contribution in [2.45, 2.75) is 38.8 Å². The van der Waals surface area contributed by atoms with Gasteiger partial charge in [-0.05, 0) is 50.5 Å². The molecule has 130 valence electrons. The summed E-state index contributed by atoms with van der Waals surface area (Å²) < 4.78 is 2.10. The van der Waals surface area contributed by atoms with Crippen LogP contribution in [0.2, 0.25) is 0 Å². The fourth-order valence-electron chi connectivity index (χ4n) is 3.10. The number of rotatable bonds is 6. The number of imidazole rings is 1. The monoisotopic (exact) mass is 355 g/mol. The van der Waals surface area contributed by atoms with Gasteiger partial charge in [-0.2, -0.15) is 0 Å². The lowest BCUT2D eigenvalue weighted by Crippen LogP contribution is -2.04. The summed E-state index contributed by atoms with van der Waals surface area (Å²) in [4.78, 5) is 20.0. The van der Waals surface area contributed by atoms with E-state index in [1.807, 2.05) is 12.1 Å². The number of hydrogen-bond acceptors (Lipinski definition) is 4. The van der Waals surface area contributed by atoms with Crippen LogP contribution in [0, 0.1) is 20.8 Å². The van der Waals surface area contributed by atoms with Gasteiger partial charge in [-0.3, -0.25) is 9.36 Å². The van der Waals surface area contributed by atoms with Gasteiger partial charge in [0.25, 0.3) is 0 Å². The summed E-state index contributed by atoms with van der Waals surface area (Å²) in [5.74, 6) is -0.0551. The topological polar surface area (TPSA) is 68.0 Å². The lowest BCUT2D eigenvalue weighted by molar-refractivity contribution is -0.137. The quantitative estimate of drug-likeness (QED) is 0.527. The highest BCUT2D eigenvalue weighted by Crippen LogP contribution is 2.31. The first-order chi connectivity index (χ1) is 12.0.